The van der Waals surface area contributed by atoms with Gasteiger partial charge in [-0.05, 0) is 36.8 Å². The molecule has 2 aromatic rings. The van der Waals surface area contributed by atoms with Crippen LogP contribution in [0.2, 0.25) is 0 Å². The predicted molar refractivity (Wildman–Crippen MR) is 109 cm³/mol. The van der Waals surface area contributed by atoms with Crippen molar-refractivity contribution < 1.29 is 9.59 Å². The van der Waals surface area contributed by atoms with Crippen molar-refractivity contribution in [2.24, 2.45) is 5.41 Å². The molecule has 0 atom stereocenters. The van der Waals surface area contributed by atoms with Gasteiger partial charge in [-0.25, -0.2) is 0 Å². The summed E-state index contributed by atoms with van der Waals surface area (Å²) in [4.78, 5) is 23.9. The summed E-state index contributed by atoms with van der Waals surface area (Å²) in [6.07, 6.45) is 0.950. The average molecular weight is 362 g/mol. The van der Waals surface area contributed by atoms with Crippen LogP contribution in [0.25, 0.3) is 0 Å². The fourth-order valence-electron chi connectivity index (χ4n) is 2.28. The molecule has 0 bridgehead atoms. The van der Waals surface area contributed by atoms with Crippen LogP contribution in [0.3, 0.4) is 0 Å². The number of benzene rings is 2. The second kappa shape index (κ2) is 9.59. The van der Waals surface area contributed by atoms with E-state index in [2.05, 4.69) is 22.5 Å². The summed E-state index contributed by atoms with van der Waals surface area (Å²) in [7, 11) is 0. The zero-order chi connectivity index (χ0) is 19.7. The quantitative estimate of drug-likeness (QED) is 0.625. The average Bonchev–Trinajstić information content (AvgIpc) is 2.64. The zero-order valence-corrected chi connectivity index (χ0v) is 16.1. The second-order valence-corrected chi connectivity index (χ2v) is 7.35. The van der Waals surface area contributed by atoms with E-state index in [1.54, 1.807) is 0 Å². The Morgan fingerprint density at radius 2 is 1.59 bits per heavy atom. The van der Waals surface area contributed by atoms with Crippen molar-refractivity contribution in [3.8, 4) is 11.8 Å². The van der Waals surface area contributed by atoms with Crippen LogP contribution >= 0.6 is 0 Å². The first-order chi connectivity index (χ1) is 12.8. The number of nitrogens with one attached hydrogen (secondary N) is 2. The van der Waals surface area contributed by atoms with Crippen molar-refractivity contribution in [3.05, 3.63) is 65.7 Å². The van der Waals surface area contributed by atoms with E-state index in [0.29, 0.717) is 19.4 Å². The van der Waals surface area contributed by atoms with Crippen LogP contribution in [-0.2, 0) is 9.59 Å². The second-order valence-electron chi connectivity index (χ2n) is 7.35. The molecule has 4 nitrogen and oxygen atoms in total. The summed E-state index contributed by atoms with van der Waals surface area (Å²) < 4.78 is 0. The Kier molecular flexibility index (Phi) is 7.19. The van der Waals surface area contributed by atoms with Gasteiger partial charge in [-0.15, -0.1) is 0 Å². The number of hydrogen-bond donors (Lipinski definition) is 2. The maximum atomic E-state index is 12.1. The van der Waals surface area contributed by atoms with Gasteiger partial charge in [-0.2, -0.15) is 0 Å². The summed E-state index contributed by atoms with van der Waals surface area (Å²) in [5.74, 6) is 6.13. The van der Waals surface area contributed by atoms with Gasteiger partial charge in [0.15, 0.2) is 0 Å². The van der Waals surface area contributed by atoms with Gasteiger partial charge in [0.2, 0.25) is 11.8 Å². The molecule has 4 heteroatoms. The van der Waals surface area contributed by atoms with E-state index < -0.39 is 5.41 Å². The van der Waals surface area contributed by atoms with Crippen LogP contribution < -0.4 is 10.6 Å². The lowest BCUT2D eigenvalue weighted by molar-refractivity contribution is -0.128. The van der Waals surface area contributed by atoms with Crippen molar-refractivity contribution in [2.45, 2.75) is 33.6 Å². The highest BCUT2D eigenvalue weighted by Crippen LogP contribution is 2.13. The number of carbonyl (C=O) groups excluding carboxylic acids is 2. The number of anilines is 1. The molecule has 0 heterocycles. The first kappa shape index (κ1) is 20.3. The van der Waals surface area contributed by atoms with Crippen LogP contribution in [0.15, 0.2) is 54.6 Å². The molecule has 2 amide bonds. The number of amides is 2. The van der Waals surface area contributed by atoms with Crippen molar-refractivity contribution in [1.82, 2.24) is 5.32 Å². The van der Waals surface area contributed by atoms with Crippen molar-refractivity contribution in [3.63, 3.8) is 0 Å². The molecule has 2 N–H and O–H groups in total. The fraction of sp³-hybridized carbons (Fsp3) is 0.304. The van der Waals surface area contributed by atoms with Gasteiger partial charge in [0.1, 0.15) is 0 Å². The molecular weight excluding hydrogens is 336 g/mol. The highest BCUT2D eigenvalue weighted by atomic mass is 16.2. The Morgan fingerprint density at radius 1 is 0.926 bits per heavy atom. The molecule has 0 spiro atoms. The number of rotatable bonds is 5. The topological polar surface area (TPSA) is 58.2 Å². The molecule has 140 valence electrons. The van der Waals surface area contributed by atoms with E-state index in [1.165, 1.54) is 0 Å². The lowest BCUT2D eigenvalue weighted by Crippen LogP contribution is -2.35. The summed E-state index contributed by atoms with van der Waals surface area (Å²) in [5.41, 5.74) is 2.10. The molecule has 0 aliphatic rings. The normalized spacial score (nSPS) is 10.5. The standard InChI is InChI=1S/C23H26N2O2/c1-23(2,3)22(27)24-16-8-13-21(26)25-20-12-7-11-19(17-20)15-14-18-9-5-4-6-10-18/h4-7,9-12,17H,8,13,16H2,1-3H3,(H,24,27)(H,25,26). The van der Waals surface area contributed by atoms with Crippen LogP contribution in [0.4, 0.5) is 5.69 Å². The molecule has 0 saturated heterocycles. The first-order valence-electron chi connectivity index (χ1n) is 9.10. The lowest BCUT2D eigenvalue weighted by Gasteiger charge is -2.17. The third-order valence-corrected chi connectivity index (χ3v) is 3.82. The van der Waals surface area contributed by atoms with E-state index in [1.807, 2.05) is 75.4 Å². The molecule has 0 aromatic heterocycles. The van der Waals surface area contributed by atoms with E-state index in [0.717, 1.165) is 16.8 Å². The van der Waals surface area contributed by atoms with Gasteiger partial charge < -0.3 is 10.6 Å². The Labute approximate surface area is 161 Å². The van der Waals surface area contributed by atoms with E-state index in [4.69, 9.17) is 0 Å². The monoisotopic (exact) mass is 362 g/mol. The van der Waals surface area contributed by atoms with Crippen molar-refractivity contribution >= 4 is 17.5 Å². The SMILES string of the molecule is CC(C)(C)C(=O)NCCCC(=O)Nc1cccc(C#Cc2ccccc2)c1. The summed E-state index contributed by atoms with van der Waals surface area (Å²) in [6.45, 7) is 6.08. The van der Waals surface area contributed by atoms with Gasteiger partial charge in [-0.1, -0.05) is 56.9 Å². The minimum atomic E-state index is -0.413. The summed E-state index contributed by atoms with van der Waals surface area (Å²) in [5, 5.41) is 5.73. The Bertz CT molecular complexity index is 840. The minimum absolute atomic E-state index is 0.00685. The molecule has 0 radical (unpaired) electrons. The van der Waals surface area contributed by atoms with Crippen LogP contribution in [0, 0.1) is 17.3 Å². The third-order valence-electron chi connectivity index (χ3n) is 3.82. The lowest BCUT2D eigenvalue weighted by atomic mass is 9.96. The first-order valence-corrected chi connectivity index (χ1v) is 9.10. The molecule has 0 unspecified atom stereocenters. The van der Waals surface area contributed by atoms with Crippen LogP contribution in [0.1, 0.15) is 44.7 Å². The van der Waals surface area contributed by atoms with Crippen LogP contribution in [0.5, 0.6) is 0 Å². The number of carbonyl (C=O) groups is 2. The van der Waals surface area contributed by atoms with Gasteiger partial charge in [0, 0.05) is 35.2 Å². The smallest absolute Gasteiger partial charge is 0.225 e. The molecule has 0 saturated carbocycles. The highest BCUT2D eigenvalue weighted by Gasteiger charge is 2.20. The molecule has 27 heavy (non-hydrogen) atoms. The molecule has 2 aromatic carbocycles. The number of hydrogen-bond acceptors (Lipinski definition) is 2. The third kappa shape index (κ3) is 7.37. The van der Waals surface area contributed by atoms with Gasteiger partial charge >= 0.3 is 0 Å². The molecule has 0 fully saturated rings. The summed E-state index contributed by atoms with van der Waals surface area (Å²) >= 11 is 0. The van der Waals surface area contributed by atoms with Crippen LogP contribution in [-0.4, -0.2) is 18.4 Å². The fourth-order valence-corrected chi connectivity index (χ4v) is 2.28. The summed E-state index contributed by atoms with van der Waals surface area (Å²) in [6, 6.07) is 17.2. The van der Waals surface area contributed by atoms with Gasteiger partial charge in [0.25, 0.3) is 0 Å². The Balaban J connectivity index is 1.83. The van der Waals surface area contributed by atoms with Crippen molar-refractivity contribution in [1.29, 1.82) is 0 Å². The molecule has 0 aliphatic carbocycles. The Morgan fingerprint density at radius 3 is 2.30 bits per heavy atom. The molecule has 2 rings (SSSR count). The predicted octanol–water partition coefficient (Wildman–Crippen LogP) is 3.97. The maximum Gasteiger partial charge on any atom is 0.225 e. The largest absolute Gasteiger partial charge is 0.356 e. The Hall–Kier alpha value is -3.06. The van der Waals surface area contributed by atoms with E-state index in [-0.39, 0.29) is 11.8 Å². The zero-order valence-electron chi connectivity index (χ0n) is 16.1. The maximum absolute atomic E-state index is 12.1. The minimum Gasteiger partial charge on any atom is -0.356 e. The molecular formula is C23H26N2O2. The van der Waals surface area contributed by atoms with Gasteiger partial charge in [-0.3, -0.25) is 9.59 Å². The van der Waals surface area contributed by atoms with E-state index in [9.17, 15) is 9.59 Å². The molecule has 0 aliphatic heterocycles. The van der Waals surface area contributed by atoms with Gasteiger partial charge in [0.05, 0.1) is 0 Å². The van der Waals surface area contributed by atoms with Crippen molar-refractivity contribution in [2.75, 3.05) is 11.9 Å². The van der Waals surface area contributed by atoms with E-state index >= 15 is 0 Å². The highest BCUT2D eigenvalue weighted by molar-refractivity contribution is 5.90.